The van der Waals surface area contributed by atoms with Gasteiger partial charge in [0.1, 0.15) is 6.54 Å². The van der Waals surface area contributed by atoms with Gasteiger partial charge in [-0.25, -0.2) is 8.42 Å². The SMILES string of the molecule is CS(=O)(=O)N(CC(=O)O)C[C@@H]1CN(C(=O)[C@@H]2C[C@@H]2C2CC2)CCO1. The van der Waals surface area contributed by atoms with Gasteiger partial charge in [-0.05, 0) is 31.1 Å². The third kappa shape index (κ3) is 4.25. The second-order valence-corrected chi connectivity index (χ2v) is 9.05. The standard InChI is InChI=1S/C15H24N2O6S/c1-24(21,22)17(9-14(18)19)8-11-7-16(4-5-23-11)15(20)13-6-12(13)10-2-3-10/h10-13H,2-9H2,1H3,(H,18,19)/t11-,12+,13+/m0/s1. The van der Waals surface area contributed by atoms with Gasteiger partial charge in [0.15, 0.2) is 0 Å². The fourth-order valence-electron chi connectivity index (χ4n) is 3.50. The van der Waals surface area contributed by atoms with Crippen molar-refractivity contribution in [3.8, 4) is 0 Å². The predicted molar refractivity (Wildman–Crippen MR) is 84.7 cm³/mol. The minimum atomic E-state index is -3.64. The van der Waals surface area contributed by atoms with Crippen LogP contribution in [0.3, 0.4) is 0 Å². The molecule has 3 aliphatic rings. The number of carboxylic acids is 1. The summed E-state index contributed by atoms with van der Waals surface area (Å²) in [6.45, 7) is 0.534. The van der Waals surface area contributed by atoms with E-state index in [9.17, 15) is 18.0 Å². The molecule has 3 rings (SSSR count). The second kappa shape index (κ2) is 6.61. The first-order valence-electron chi connectivity index (χ1n) is 8.33. The fourth-order valence-corrected chi connectivity index (χ4v) is 4.29. The zero-order valence-corrected chi connectivity index (χ0v) is 14.6. The number of carbonyl (C=O) groups is 2. The number of carboxylic acid groups (broad SMARTS) is 1. The molecule has 0 unspecified atom stereocenters. The lowest BCUT2D eigenvalue weighted by molar-refractivity contribution is -0.142. The van der Waals surface area contributed by atoms with E-state index in [0.717, 1.165) is 22.9 Å². The Kier molecular flexibility index (Phi) is 4.85. The van der Waals surface area contributed by atoms with Gasteiger partial charge in [-0.1, -0.05) is 0 Å². The summed E-state index contributed by atoms with van der Waals surface area (Å²) >= 11 is 0. The maximum Gasteiger partial charge on any atom is 0.318 e. The number of nitrogens with zero attached hydrogens (tertiary/aromatic N) is 2. The molecule has 1 N–H and O–H groups in total. The van der Waals surface area contributed by atoms with E-state index >= 15 is 0 Å². The summed E-state index contributed by atoms with van der Waals surface area (Å²) in [6, 6.07) is 0. The molecule has 0 aromatic rings. The summed E-state index contributed by atoms with van der Waals surface area (Å²) in [5.74, 6) is 0.324. The average Bonchev–Trinajstić information content (AvgIpc) is 3.36. The Morgan fingerprint density at radius 3 is 2.62 bits per heavy atom. The Morgan fingerprint density at radius 2 is 2.04 bits per heavy atom. The highest BCUT2D eigenvalue weighted by Gasteiger charge is 2.52. The normalized spacial score (nSPS) is 30.4. The van der Waals surface area contributed by atoms with Crippen LogP contribution in [0, 0.1) is 17.8 Å². The molecule has 3 atom stereocenters. The molecule has 136 valence electrons. The zero-order valence-electron chi connectivity index (χ0n) is 13.8. The minimum Gasteiger partial charge on any atom is -0.480 e. The van der Waals surface area contributed by atoms with Gasteiger partial charge in [-0.15, -0.1) is 0 Å². The van der Waals surface area contributed by atoms with Crippen LogP contribution in [0.4, 0.5) is 0 Å². The highest BCUT2D eigenvalue weighted by atomic mass is 32.2. The monoisotopic (exact) mass is 360 g/mol. The molecule has 0 bridgehead atoms. The van der Waals surface area contributed by atoms with Crippen LogP contribution in [0.25, 0.3) is 0 Å². The van der Waals surface area contributed by atoms with Gasteiger partial charge in [0.05, 0.1) is 19.0 Å². The largest absolute Gasteiger partial charge is 0.480 e. The van der Waals surface area contributed by atoms with Crippen LogP contribution in [-0.4, -0.2) is 79.8 Å². The van der Waals surface area contributed by atoms with Gasteiger partial charge >= 0.3 is 5.97 Å². The molecule has 0 spiro atoms. The van der Waals surface area contributed by atoms with Crippen molar-refractivity contribution in [2.24, 2.45) is 17.8 Å². The number of amides is 1. The maximum absolute atomic E-state index is 12.6. The van der Waals surface area contributed by atoms with E-state index in [1.54, 1.807) is 4.90 Å². The number of rotatable bonds is 7. The van der Waals surface area contributed by atoms with Gasteiger partial charge in [-0.2, -0.15) is 4.31 Å². The Balaban J connectivity index is 1.56. The topological polar surface area (TPSA) is 104 Å². The number of hydrogen-bond acceptors (Lipinski definition) is 5. The van der Waals surface area contributed by atoms with Crippen molar-refractivity contribution in [3.05, 3.63) is 0 Å². The zero-order chi connectivity index (χ0) is 17.5. The molecule has 24 heavy (non-hydrogen) atoms. The van der Waals surface area contributed by atoms with Crippen LogP contribution in [-0.2, 0) is 24.3 Å². The highest BCUT2D eigenvalue weighted by molar-refractivity contribution is 7.88. The Labute approximate surface area is 141 Å². The van der Waals surface area contributed by atoms with E-state index < -0.39 is 28.6 Å². The molecular formula is C15H24N2O6S. The fraction of sp³-hybridized carbons (Fsp3) is 0.867. The molecule has 0 aromatic heterocycles. The second-order valence-electron chi connectivity index (χ2n) is 7.07. The van der Waals surface area contributed by atoms with Gasteiger partial charge in [0, 0.05) is 25.6 Å². The molecule has 2 saturated carbocycles. The molecule has 2 aliphatic carbocycles. The Bertz CT molecular complexity index is 617. The first-order valence-corrected chi connectivity index (χ1v) is 10.2. The molecule has 1 heterocycles. The lowest BCUT2D eigenvalue weighted by atomic mass is 10.2. The van der Waals surface area contributed by atoms with Gasteiger partial charge in [0.25, 0.3) is 0 Å². The van der Waals surface area contributed by atoms with Crippen LogP contribution in [0.1, 0.15) is 19.3 Å². The number of carbonyl (C=O) groups excluding carboxylic acids is 1. The summed E-state index contributed by atoms with van der Waals surface area (Å²) in [4.78, 5) is 25.2. The van der Waals surface area contributed by atoms with E-state index in [1.807, 2.05) is 0 Å². The van der Waals surface area contributed by atoms with Crippen molar-refractivity contribution < 1.29 is 27.9 Å². The van der Waals surface area contributed by atoms with Crippen molar-refractivity contribution in [1.29, 1.82) is 0 Å². The third-order valence-electron chi connectivity index (χ3n) is 5.02. The molecule has 0 radical (unpaired) electrons. The predicted octanol–water partition coefficient (Wildman–Crippen LogP) is -0.394. The first kappa shape index (κ1) is 17.6. The number of sulfonamides is 1. The van der Waals surface area contributed by atoms with Crippen molar-refractivity contribution in [2.45, 2.75) is 25.4 Å². The quantitative estimate of drug-likeness (QED) is 0.663. The summed E-state index contributed by atoms with van der Waals surface area (Å²) < 4.78 is 29.9. The van der Waals surface area contributed by atoms with Crippen LogP contribution < -0.4 is 0 Å². The highest BCUT2D eigenvalue weighted by Crippen LogP contribution is 2.54. The van der Waals surface area contributed by atoms with Crippen molar-refractivity contribution in [3.63, 3.8) is 0 Å². The van der Waals surface area contributed by atoms with Gasteiger partial charge < -0.3 is 14.7 Å². The van der Waals surface area contributed by atoms with Gasteiger partial charge in [0.2, 0.25) is 15.9 Å². The van der Waals surface area contributed by atoms with E-state index in [0.29, 0.717) is 25.6 Å². The smallest absolute Gasteiger partial charge is 0.318 e. The van der Waals surface area contributed by atoms with E-state index in [1.165, 1.54) is 12.8 Å². The first-order chi connectivity index (χ1) is 11.3. The van der Waals surface area contributed by atoms with Crippen LogP contribution in [0.5, 0.6) is 0 Å². The third-order valence-corrected chi connectivity index (χ3v) is 6.24. The summed E-state index contributed by atoms with van der Waals surface area (Å²) in [7, 11) is -3.64. The van der Waals surface area contributed by atoms with Crippen LogP contribution in [0.2, 0.25) is 0 Å². The van der Waals surface area contributed by atoms with Crippen molar-refractivity contribution in [1.82, 2.24) is 9.21 Å². The number of aliphatic carboxylic acids is 1. The number of ether oxygens (including phenoxy) is 1. The molecule has 8 nitrogen and oxygen atoms in total. The van der Waals surface area contributed by atoms with Crippen LogP contribution in [0.15, 0.2) is 0 Å². The number of morpholine rings is 1. The molecule has 1 saturated heterocycles. The van der Waals surface area contributed by atoms with E-state index in [-0.39, 0.29) is 18.4 Å². The Morgan fingerprint density at radius 1 is 1.33 bits per heavy atom. The van der Waals surface area contributed by atoms with E-state index in [4.69, 9.17) is 9.84 Å². The summed E-state index contributed by atoms with van der Waals surface area (Å²) in [6.07, 6.45) is 3.93. The molecular weight excluding hydrogens is 336 g/mol. The number of hydrogen-bond donors (Lipinski definition) is 1. The van der Waals surface area contributed by atoms with E-state index in [2.05, 4.69) is 0 Å². The Hall–Kier alpha value is -1.19. The van der Waals surface area contributed by atoms with Crippen molar-refractivity contribution in [2.75, 3.05) is 39.0 Å². The maximum atomic E-state index is 12.6. The molecule has 1 amide bonds. The molecule has 3 fully saturated rings. The minimum absolute atomic E-state index is 0.0500. The summed E-state index contributed by atoms with van der Waals surface area (Å²) in [5, 5.41) is 8.87. The van der Waals surface area contributed by atoms with Gasteiger partial charge in [-0.3, -0.25) is 9.59 Å². The van der Waals surface area contributed by atoms with Crippen molar-refractivity contribution >= 4 is 21.9 Å². The summed E-state index contributed by atoms with van der Waals surface area (Å²) in [5.41, 5.74) is 0. The average molecular weight is 360 g/mol. The molecule has 1 aliphatic heterocycles. The van der Waals surface area contributed by atoms with Crippen LogP contribution >= 0.6 is 0 Å². The molecule has 9 heteroatoms. The lowest BCUT2D eigenvalue weighted by Gasteiger charge is -2.35. The molecule has 0 aromatic carbocycles. The lowest BCUT2D eigenvalue weighted by Crippen LogP contribution is -2.51.